The maximum Gasteiger partial charge on any atom is 0.255 e. The molecule has 1 saturated heterocycles. The van der Waals surface area contributed by atoms with Crippen LogP contribution in [-0.2, 0) is 11.3 Å². The van der Waals surface area contributed by atoms with Crippen LogP contribution in [0.2, 0.25) is 0 Å². The summed E-state index contributed by atoms with van der Waals surface area (Å²) in [6.07, 6.45) is 4.49. The van der Waals surface area contributed by atoms with E-state index in [1.807, 2.05) is 18.2 Å². The lowest BCUT2D eigenvalue weighted by Gasteiger charge is -2.22. The van der Waals surface area contributed by atoms with E-state index in [4.69, 9.17) is 15.0 Å². The summed E-state index contributed by atoms with van der Waals surface area (Å²) in [7, 11) is 0. The third-order valence-electron chi connectivity index (χ3n) is 4.71. The Bertz CT molecular complexity index is 756. The van der Waals surface area contributed by atoms with Crippen LogP contribution >= 0.6 is 0 Å². The number of ether oxygens (including phenoxy) is 1. The molecule has 2 fully saturated rings. The first kappa shape index (κ1) is 16.1. The quantitative estimate of drug-likeness (QED) is 0.828. The fourth-order valence-corrected chi connectivity index (χ4v) is 3.31. The molecule has 0 spiro atoms. The highest BCUT2D eigenvalue weighted by atomic mass is 16.5. The van der Waals surface area contributed by atoms with Crippen LogP contribution in [-0.4, -0.2) is 34.1 Å². The standard InChI is InChI=1S/C18H22N4O3/c19-16(23)11-24-14-4-1-3-12(9-14)10-22-8-2-5-15(22)17-20-18(25-21-17)13-6-7-13/h1,3-4,9,13,15H,2,5-8,10-11H2,(H2,19,23). The van der Waals surface area contributed by atoms with Crippen LogP contribution in [0.3, 0.4) is 0 Å². The second kappa shape index (κ2) is 6.84. The number of aromatic nitrogens is 2. The van der Waals surface area contributed by atoms with Crippen molar-refractivity contribution in [3.63, 3.8) is 0 Å². The summed E-state index contributed by atoms with van der Waals surface area (Å²) in [5.41, 5.74) is 6.25. The maximum absolute atomic E-state index is 10.9. The van der Waals surface area contributed by atoms with Crippen molar-refractivity contribution in [2.75, 3.05) is 13.2 Å². The van der Waals surface area contributed by atoms with Crippen molar-refractivity contribution in [3.05, 3.63) is 41.5 Å². The van der Waals surface area contributed by atoms with Crippen molar-refractivity contribution in [3.8, 4) is 5.75 Å². The molecule has 132 valence electrons. The molecule has 1 aromatic carbocycles. The smallest absolute Gasteiger partial charge is 0.255 e. The lowest BCUT2D eigenvalue weighted by molar-refractivity contribution is -0.119. The van der Waals surface area contributed by atoms with Crippen molar-refractivity contribution in [1.82, 2.24) is 15.0 Å². The van der Waals surface area contributed by atoms with E-state index in [9.17, 15) is 4.79 Å². The maximum atomic E-state index is 10.9. The summed E-state index contributed by atoms with van der Waals surface area (Å²) in [5, 5.41) is 4.21. The summed E-state index contributed by atoms with van der Waals surface area (Å²) in [4.78, 5) is 17.8. The molecular formula is C18H22N4O3. The summed E-state index contributed by atoms with van der Waals surface area (Å²) in [6.45, 7) is 1.68. The molecule has 2 N–H and O–H groups in total. The van der Waals surface area contributed by atoms with Crippen LogP contribution in [0.1, 0.15) is 54.9 Å². The highest BCUT2D eigenvalue weighted by Gasteiger charge is 2.34. The largest absolute Gasteiger partial charge is 0.484 e. The molecule has 1 atom stereocenters. The van der Waals surface area contributed by atoms with E-state index in [1.165, 1.54) is 0 Å². The molecule has 1 unspecified atom stereocenters. The van der Waals surface area contributed by atoms with Gasteiger partial charge in [0, 0.05) is 12.5 Å². The van der Waals surface area contributed by atoms with Crippen LogP contribution in [0.5, 0.6) is 5.75 Å². The lowest BCUT2D eigenvalue weighted by Crippen LogP contribution is -2.23. The number of primary amides is 1. The Balaban J connectivity index is 1.43. The molecular weight excluding hydrogens is 320 g/mol. The number of nitrogens with two attached hydrogens (primary N) is 1. The number of carbonyl (C=O) groups excluding carboxylic acids is 1. The van der Waals surface area contributed by atoms with E-state index in [2.05, 4.69) is 21.1 Å². The van der Waals surface area contributed by atoms with Gasteiger partial charge in [-0.2, -0.15) is 4.98 Å². The summed E-state index contributed by atoms with van der Waals surface area (Å²) < 4.78 is 10.8. The Morgan fingerprint density at radius 3 is 3.04 bits per heavy atom. The SMILES string of the molecule is NC(=O)COc1cccc(CN2CCCC2c2noc(C3CC3)n2)c1. The molecule has 1 aliphatic heterocycles. The molecule has 1 aromatic heterocycles. The molecule has 4 rings (SSSR count). The molecule has 2 aliphatic rings. The number of amides is 1. The molecule has 7 nitrogen and oxygen atoms in total. The summed E-state index contributed by atoms with van der Waals surface area (Å²) in [5.74, 6) is 2.26. The van der Waals surface area contributed by atoms with E-state index in [-0.39, 0.29) is 12.6 Å². The van der Waals surface area contributed by atoms with Gasteiger partial charge < -0.3 is 15.0 Å². The molecule has 7 heteroatoms. The predicted octanol–water partition coefficient (Wildman–Crippen LogP) is 2.15. The van der Waals surface area contributed by atoms with Gasteiger partial charge in [-0.15, -0.1) is 0 Å². The van der Waals surface area contributed by atoms with Gasteiger partial charge in [-0.1, -0.05) is 17.3 Å². The van der Waals surface area contributed by atoms with E-state index in [0.29, 0.717) is 11.7 Å². The molecule has 2 heterocycles. The molecule has 25 heavy (non-hydrogen) atoms. The van der Waals surface area contributed by atoms with Gasteiger partial charge in [0.05, 0.1) is 6.04 Å². The van der Waals surface area contributed by atoms with Crippen molar-refractivity contribution in [1.29, 1.82) is 0 Å². The summed E-state index contributed by atoms with van der Waals surface area (Å²) in [6, 6.07) is 7.96. The second-order valence-corrected chi connectivity index (χ2v) is 6.80. The number of hydrogen-bond acceptors (Lipinski definition) is 6. The average molecular weight is 342 g/mol. The molecule has 1 saturated carbocycles. The summed E-state index contributed by atoms with van der Waals surface area (Å²) >= 11 is 0. The van der Waals surface area contributed by atoms with Gasteiger partial charge >= 0.3 is 0 Å². The Hall–Kier alpha value is -2.41. The van der Waals surface area contributed by atoms with Gasteiger partial charge in [0.25, 0.3) is 5.91 Å². The third-order valence-corrected chi connectivity index (χ3v) is 4.71. The highest BCUT2D eigenvalue weighted by Crippen LogP contribution is 2.40. The Morgan fingerprint density at radius 2 is 2.24 bits per heavy atom. The van der Waals surface area contributed by atoms with Crippen LogP contribution < -0.4 is 10.5 Å². The highest BCUT2D eigenvalue weighted by molar-refractivity contribution is 5.75. The van der Waals surface area contributed by atoms with Gasteiger partial charge in [0.15, 0.2) is 12.4 Å². The first-order valence-corrected chi connectivity index (χ1v) is 8.76. The first-order chi connectivity index (χ1) is 12.2. The average Bonchev–Trinajstić information content (AvgIpc) is 3.15. The fraction of sp³-hybridized carbons (Fsp3) is 0.500. The van der Waals surface area contributed by atoms with Crippen molar-refractivity contribution in [2.24, 2.45) is 5.73 Å². The Morgan fingerprint density at radius 1 is 1.36 bits per heavy atom. The third kappa shape index (κ3) is 3.82. The van der Waals surface area contributed by atoms with Crippen LogP contribution in [0.25, 0.3) is 0 Å². The Kier molecular flexibility index (Phi) is 4.40. The van der Waals surface area contributed by atoms with Crippen molar-refractivity contribution < 1.29 is 14.1 Å². The number of nitrogens with zero attached hydrogens (tertiary/aromatic N) is 3. The van der Waals surface area contributed by atoms with Crippen LogP contribution in [0, 0.1) is 0 Å². The van der Waals surface area contributed by atoms with Crippen molar-refractivity contribution >= 4 is 5.91 Å². The molecule has 0 bridgehead atoms. The topological polar surface area (TPSA) is 94.5 Å². The molecule has 0 radical (unpaired) electrons. The van der Waals surface area contributed by atoms with Gasteiger partial charge in [-0.3, -0.25) is 9.69 Å². The van der Waals surface area contributed by atoms with Crippen molar-refractivity contribution in [2.45, 2.75) is 44.2 Å². The zero-order valence-corrected chi connectivity index (χ0v) is 14.1. The minimum atomic E-state index is -0.478. The fourth-order valence-electron chi connectivity index (χ4n) is 3.31. The minimum absolute atomic E-state index is 0.109. The molecule has 1 aliphatic carbocycles. The number of benzene rings is 1. The number of likely N-dealkylation sites (tertiary alicyclic amines) is 1. The van der Waals surface area contributed by atoms with Crippen LogP contribution in [0.15, 0.2) is 28.8 Å². The molecule has 2 aromatic rings. The zero-order chi connectivity index (χ0) is 17.2. The van der Waals surface area contributed by atoms with E-state index < -0.39 is 5.91 Å². The van der Waals surface area contributed by atoms with E-state index in [0.717, 1.165) is 56.1 Å². The van der Waals surface area contributed by atoms with E-state index in [1.54, 1.807) is 0 Å². The van der Waals surface area contributed by atoms with Gasteiger partial charge in [0.2, 0.25) is 5.89 Å². The van der Waals surface area contributed by atoms with Gasteiger partial charge in [-0.05, 0) is 49.9 Å². The number of hydrogen-bond donors (Lipinski definition) is 1. The number of carbonyl (C=O) groups is 1. The first-order valence-electron chi connectivity index (χ1n) is 8.76. The Labute approximate surface area is 146 Å². The monoisotopic (exact) mass is 342 g/mol. The number of rotatable bonds is 7. The second-order valence-electron chi connectivity index (χ2n) is 6.80. The van der Waals surface area contributed by atoms with Crippen LogP contribution in [0.4, 0.5) is 0 Å². The van der Waals surface area contributed by atoms with E-state index >= 15 is 0 Å². The minimum Gasteiger partial charge on any atom is -0.484 e. The van der Waals surface area contributed by atoms with Gasteiger partial charge in [-0.25, -0.2) is 0 Å². The normalized spacial score (nSPS) is 20.7. The lowest BCUT2D eigenvalue weighted by atomic mass is 10.1. The zero-order valence-electron chi connectivity index (χ0n) is 14.1. The molecule has 1 amide bonds. The predicted molar refractivity (Wildman–Crippen MR) is 89.8 cm³/mol. The van der Waals surface area contributed by atoms with Gasteiger partial charge in [0.1, 0.15) is 5.75 Å².